The maximum atomic E-state index is 11.4. The van der Waals surface area contributed by atoms with Crippen molar-refractivity contribution in [3.63, 3.8) is 0 Å². The van der Waals surface area contributed by atoms with Gasteiger partial charge in [-0.2, -0.15) is 0 Å². The van der Waals surface area contributed by atoms with E-state index >= 15 is 0 Å². The zero-order valence-corrected chi connectivity index (χ0v) is 9.98. The zero-order chi connectivity index (χ0) is 12.3. The fraction of sp³-hybridized carbons (Fsp3) is 0.545. The number of hydrogen-bond acceptors (Lipinski definition) is 4. The first-order chi connectivity index (χ1) is 7.38. The summed E-state index contributed by atoms with van der Waals surface area (Å²) in [6, 6.07) is 0.0440. The maximum Gasteiger partial charge on any atom is 0.329 e. The number of nitrogens with one attached hydrogen (secondary N) is 1. The summed E-state index contributed by atoms with van der Waals surface area (Å²) in [7, 11) is 0. The van der Waals surface area contributed by atoms with Gasteiger partial charge in [-0.15, -0.1) is 0 Å². The van der Waals surface area contributed by atoms with E-state index in [2.05, 4.69) is 15.3 Å². The number of aromatic nitrogens is 2. The molecule has 1 rings (SSSR count). The van der Waals surface area contributed by atoms with Crippen molar-refractivity contribution < 1.29 is 9.90 Å². The van der Waals surface area contributed by atoms with Crippen LogP contribution in [0.3, 0.4) is 0 Å². The molecule has 0 fully saturated rings. The molecule has 16 heavy (non-hydrogen) atoms. The Bertz CT molecular complexity index is 393. The molecule has 0 spiro atoms. The summed E-state index contributed by atoms with van der Waals surface area (Å²) < 4.78 is 0. The lowest BCUT2D eigenvalue weighted by Gasteiger charge is -2.28. The van der Waals surface area contributed by atoms with Crippen molar-refractivity contribution in [1.82, 2.24) is 15.3 Å². The van der Waals surface area contributed by atoms with Crippen LogP contribution < -0.4 is 5.32 Å². The van der Waals surface area contributed by atoms with Crippen LogP contribution in [0.2, 0.25) is 0 Å². The van der Waals surface area contributed by atoms with E-state index in [9.17, 15) is 9.90 Å². The molecular weight excluding hydrogens is 206 g/mol. The first-order valence-corrected chi connectivity index (χ1v) is 5.17. The summed E-state index contributed by atoms with van der Waals surface area (Å²) in [5, 5.41) is 12.3. The lowest BCUT2D eigenvalue weighted by atomic mass is 9.95. The molecule has 1 aromatic rings. The van der Waals surface area contributed by atoms with E-state index in [1.165, 1.54) is 6.20 Å². The van der Waals surface area contributed by atoms with Crippen molar-refractivity contribution in [3.8, 4) is 0 Å². The molecule has 0 aromatic carbocycles. The van der Waals surface area contributed by atoms with Gasteiger partial charge in [0, 0.05) is 18.4 Å². The van der Waals surface area contributed by atoms with Crippen molar-refractivity contribution in [2.24, 2.45) is 0 Å². The number of nitrogens with zero attached hydrogens (tertiary/aromatic N) is 2. The summed E-state index contributed by atoms with van der Waals surface area (Å²) in [5.41, 5.74) is -0.122. The lowest BCUT2D eigenvalue weighted by Crippen LogP contribution is -2.50. The van der Waals surface area contributed by atoms with Gasteiger partial charge in [0.1, 0.15) is 0 Å². The highest BCUT2D eigenvalue weighted by molar-refractivity contribution is 5.79. The number of carboxylic acids is 1. The Morgan fingerprint density at radius 1 is 1.44 bits per heavy atom. The molecule has 0 saturated heterocycles. The molecule has 0 bridgehead atoms. The van der Waals surface area contributed by atoms with E-state index in [4.69, 9.17) is 0 Å². The van der Waals surface area contributed by atoms with E-state index in [1.807, 2.05) is 13.8 Å². The Morgan fingerprint density at radius 3 is 2.44 bits per heavy atom. The van der Waals surface area contributed by atoms with E-state index < -0.39 is 11.5 Å². The topological polar surface area (TPSA) is 75.1 Å². The number of aliphatic carboxylic acids is 1. The quantitative estimate of drug-likeness (QED) is 0.799. The van der Waals surface area contributed by atoms with Crippen LogP contribution in [0.1, 0.15) is 32.2 Å². The van der Waals surface area contributed by atoms with Crippen molar-refractivity contribution >= 4 is 5.97 Å². The highest BCUT2D eigenvalue weighted by Crippen LogP contribution is 2.21. The minimum atomic E-state index is -1.20. The van der Waals surface area contributed by atoms with Gasteiger partial charge in [0.25, 0.3) is 0 Å². The Hall–Kier alpha value is -1.49. The highest BCUT2D eigenvalue weighted by atomic mass is 16.4. The molecule has 1 atom stereocenters. The van der Waals surface area contributed by atoms with Crippen molar-refractivity contribution in [2.45, 2.75) is 39.3 Å². The molecule has 0 aliphatic heterocycles. The number of rotatable bonds is 4. The van der Waals surface area contributed by atoms with Crippen molar-refractivity contribution in [2.75, 3.05) is 0 Å². The van der Waals surface area contributed by atoms with E-state index in [0.717, 1.165) is 0 Å². The van der Waals surface area contributed by atoms with Gasteiger partial charge in [-0.1, -0.05) is 0 Å². The molecule has 0 aliphatic rings. The van der Waals surface area contributed by atoms with Gasteiger partial charge in [-0.05, 0) is 27.7 Å². The molecule has 0 aliphatic carbocycles. The molecule has 1 aromatic heterocycles. The van der Waals surface area contributed by atoms with Gasteiger partial charge in [0.2, 0.25) is 0 Å². The zero-order valence-electron chi connectivity index (χ0n) is 9.98. The second-order valence-electron chi connectivity index (χ2n) is 4.22. The fourth-order valence-corrected chi connectivity index (χ4v) is 1.71. The van der Waals surface area contributed by atoms with E-state index in [1.54, 1.807) is 20.0 Å². The molecule has 0 amide bonds. The van der Waals surface area contributed by atoms with Crippen LogP contribution in [0.15, 0.2) is 12.4 Å². The minimum absolute atomic E-state index is 0.0440. The average molecular weight is 223 g/mol. The van der Waals surface area contributed by atoms with E-state index in [-0.39, 0.29) is 6.04 Å². The Morgan fingerprint density at radius 2 is 2.00 bits per heavy atom. The summed E-state index contributed by atoms with van der Waals surface area (Å²) in [6.07, 6.45) is 3.06. The third kappa shape index (κ3) is 2.36. The normalized spacial score (nSPS) is 14.8. The molecule has 2 N–H and O–H groups in total. The Balaban J connectivity index is 3.22. The van der Waals surface area contributed by atoms with Crippen LogP contribution >= 0.6 is 0 Å². The predicted octanol–water partition coefficient (Wildman–Crippen LogP) is 1.08. The summed E-state index contributed by atoms with van der Waals surface area (Å²) in [6.45, 7) is 7.15. The van der Waals surface area contributed by atoms with E-state index in [0.29, 0.717) is 11.4 Å². The van der Waals surface area contributed by atoms with Gasteiger partial charge >= 0.3 is 5.97 Å². The second kappa shape index (κ2) is 4.57. The molecular formula is C11H17N3O2. The molecule has 1 unspecified atom stereocenters. The molecule has 0 saturated carbocycles. The molecule has 5 heteroatoms. The predicted molar refractivity (Wildman–Crippen MR) is 60.0 cm³/mol. The van der Waals surface area contributed by atoms with Crippen molar-refractivity contribution in [1.29, 1.82) is 0 Å². The number of hydrogen-bond donors (Lipinski definition) is 2. The van der Waals surface area contributed by atoms with Crippen LogP contribution in [0.5, 0.6) is 0 Å². The molecule has 5 nitrogen and oxygen atoms in total. The second-order valence-corrected chi connectivity index (χ2v) is 4.22. The molecule has 0 radical (unpaired) electrons. The number of carboxylic acid groups (broad SMARTS) is 1. The Kier molecular flexibility index (Phi) is 3.59. The van der Waals surface area contributed by atoms with Crippen molar-refractivity contribution in [3.05, 3.63) is 23.8 Å². The highest BCUT2D eigenvalue weighted by Gasteiger charge is 2.38. The largest absolute Gasteiger partial charge is 0.480 e. The lowest BCUT2D eigenvalue weighted by molar-refractivity contribution is -0.145. The molecule has 88 valence electrons. The maximum absolute atomic E-state index is 11.4. The monoisotopic (exact) mass is 223 g/mol. The standard InChI is InChI=1S/C11H17N3O2/c1-7(2)14-11(4,10(15)16)9-8(3)12-5-6-13-9/h5-7,14H,1-4H3,(H,15,16). The first-order valence-electron chi connectivity index (χ1n) is 5.17. The van der Waals surface area contributed by atoms with Gasteiger partial charge in [0.15, 0.2) is 5.54 Å². The van der Waals surface area contributed by atoms with Crippen LogP contribution in [0.25, 0.3) is 0 Å². The SMILES string of the molecule is Cc1nccnc1C(C)(NC(C)C)C(=O)O. The number of aryl methyl sites for hydroxylation is 1. The third-order valence-corrected chi connectivity index (χ3v) is 2.36. The third-order valence-electron chi connectivity index (χ3n) is 2.36. The summed E-state index contributed by atoms with van der Waals surface area (Å²) >= 11 is 0. The summed E-state index contributed by atoms with van der Waals surface area (Å²) in [5.74, 6) is -0.954. The number of carbonyl (C=O) groups is 1. The van der Waals surface area contributed by atoms with Crippen LogP contribution in [0.4, 0.5) is 0 Å². The van der Waals surface area contributed by atoms with Crippen LogP contribution in [-0.4, -0.2) is 27.1 Å². The minimum Gasteiger partial charge on any atom is -0.480 e. The van der Waals surface area contributed by atoms with Gasteiger partial charge in [-0.3, -0.25) is 15.3 Å². The van der Waals surface area contributed by atoms with Crippen LogP contribution in [0, 0.1) is 6.92 Å². The average Bonchev–Trinajstić information content (AvgIpc) is 2.16. The molecule has 1 heterocycles. The smallest absolute Gasteiger partial charge is 0.329 e. The van der Waals surface area contributed by atoms with Gasteiger partial charge < -0.3 is 5.11 Å². The van der Waals surface area contributed by atoms with Crippen LogP contribution in [-0.2, 0) is 10.3 Å². The Labute approximate surface area is 94.9 Å². The summed E-state index contributed by atoms with van der Waals surface area (Å²) in [4.78, 5) is 19.6. The first kappa shape index (κ1) is 12.6. The fourth-order valence-electron chi connectivity index (χ4n) is 1.71. The van der Waals surface area contributed by atoms with Gasteiger partial charge in [0.05, 0.1) is 11.4 Å². The van der Waals surface area contributed by atoms with Gasteiger partial charge in [-0.25, -0.2) is 4.79 Å².